The molecule has 0 bridgehead atoms. The SMILES string of the molecule is CC1CCCC(C)N1CCCCCN1C(=O)C(c2ccc(Cl)c(Cl)c2)Oc2ccccc21. The normalized spacial score (nSPS) is 23.7. The Morgan fingerprint density at radius 1 is 0.938 bits per heavy atom. The number of hydrogen-bond acceptors (Lipinski definition) is 3. The van der Waals surface area contributed by atoms with Gasteiger partial charge >= 0.3 is 0 Å². The first-order chi connectivity index (χ1) is 15.5. The van der Waals surface area contributed by atoms with Crippen LogP contribution >= 0.6 is 23.2 Å². The molecule has 0 spiro atoms. The second kappa shape index (κ2) is 10.5. The van der Waals surface area contributed by atoms with Gasteiger partial charge in [0.15, 0.2) is 0 Å². The van der Waals surface area contributed by atoms with Crippen LogP contribution < -0.4 is 9.64 Å². The number of amides is 1. The van der Waals surface area contributed by atoms with E-state index in [1.54, 1.807) is 12.1 Å². The van der Waals surface area contributed by atoms with Gasteiger partial charge in [-0.25, -0.2) is 0 Å². The van der Waals surface area contributed by atoms with Gasteiger partial charge in [0.2, 0.25) is 6.10 Å². The van der Waals surface area contributed by atoms with Gasteiger partial charge in [-0.1, -0.05) is 54.2 Å². The van der Waals surface area contributed by atoms with Crippen LogP contribution in [0.1, 0.15) is 64.0 Å². The number of unbranched alkanes of at least 4 members (excludes halogenated alkanes) is 2. The Labute approximate surface area is 201 Å². The van der Waals surface area contributed by atoms with Crippen LogP contribution in [0, 0.1) is 0 Å². The molecule has 172 valence electrons. The van der Waals surface area contributed by atoms with Crippen molar-refractivity contribution < 1.29 is 9.53 Å². The molecule has 6 heteroatoms. The Kier molecular flexibility index (Phi) is 7.65. The van der Waals surface area contributed by atoms with Gasteiger partial charge in [0.25, 0.3) is 5.91 Å². The predicted octanol–water partition coefficient (Wildman–Crippen LogP) is 6.89. The molecule has 0 aromatic heterocycles. The summed E-state index contributed by atoms with van der Waals surface area (Å²) >= 11 is 12.3. The Morgan fingerprint density at radius 3 is 2.41 bits per heavy atom. The molecule has 32 heavy (non-hydrogen) atoms. The molecule has 2 heterocycles. The first kappa shape index (κ1) is 23.4. The van der Waals surface area contributed by atoms with Crippen LogP contribution in [0.4, 0.5) is 5.69 Å². The molecule has 2 aromatic rings. The maximum absolute atomic E-state index is 13.4. The van der Waals surface area contributed by atoms with Crippen LogP contribution in [0.25, 0.3) is 0 Å². The number of carbonyl (C=O) groups is 1. The third-order valence-corrected chi connectivity index (χ3v) is 7.55. The standard InChI is InChI=1S/C26H32Cl2N2O2/c1-18-9-8-10-19(2)29(18)15-6-3-7-16-30-23-11-4-5-12-24(23)32-25(26(30)31)20-13-14-21(27)22(28)17-20/h4-5,11-14,17-19,25H,3,6-10,15-16H2,1-2H3. The second-order valence-corrected chi connectivity index (χ2v) is 9.87. The second-order valence-electron chi connectivity index (χ2n) is 9.06. The van der Waals surface area contributed by atoms with E-state index < -0.39 is 6.10 Å². The van der Waals surface area contributed by atoms with Crippen molar-refractivity contribution in [1.82, 2.24) is 4.90 Å². The average molecular weight is 475 g/mol. The van der Waals surface area contributed by atoms with Crippen molar-refractivity contribution in [3.05, 3.63) is 58.1 Å². The van der Waals surface area contributed by atoms with E-state index in [9.17, 15) is 4.79 Å². The molecular weight excluding hydrogens is 443 g/mol. The predicted molar refractivity (Wildman–Crippen MR) is 132 cm³/mol. The molecule has 0 radical (unpaired) electrons. The number of benzene rings is 2. The van der Waals surface area contributed by atoms with Crippen LogP contribution in [0.5, 0.6) is 5.75 Å². The van der Waals surface area contributed by atoms with E-state index in [0.29, 0.717) is 28.7 Å². The fourth-order valence-electron chi connectivity index (χ4n) is 4.99. The molecule has 2 aromatic carbocycles. The van der Waals surface area contributed by atoms with Crippen LogP contribution in [0.2, 0.25) is 10.0 Å². The zero-order valence-electron chi connectivity index (χ0n) is 18.9. The van der Waals surface area contributed by atoms with Crippen LogP contribution in [-0.2, 0) is 4.79 Å². The quantitative estimate of drug-likeness (QED) is 0.409. The van der Waals surface area contributed by atoms with Crippen molar-refractivity contribution in [2.45, 2.75) is 70.6 Å². The molecule has 4 rings (SSSR count). The van der Waals surface area contributed by atoms with Crippen molar-refractivity contribution in [2.24, 2.45) is 0 Å². The van der Waals surface area contributed by atoms with Gasteiger partial charge in [-0.05, 0) is 70.3 Å². The van der Waals surface area contributed by atoms with Gasteiger partial charge in [0.05, 0.1) is 15.7 Å². The smallest absolute Gasteiger partial charge is 0.272 e. The number of para-hydroxylation sites is 2. The number of likely N-dealkylation sites (tertiary alicyclic amines) is 1. The molecule has 0 saturated carbocycles. The largest absolute Gasteiger partial charge is 0.474 e. The summed E-state index contributed by atoms with van der Waals surface area (Å²) in [6.07, 6.45) is 6.46. The Hall–Kier alpha value is -1.75. The lowest BCUT2D eigenvalue weighted by Crippen LogP contribution is -2.44. The molecule has 0 aliphatic carbocycles. The Balaban J connectivity index is 1.40. The lowest BCUT2D eigenvalue weighted by atomic mass is 9.97. The maximum Gasteiger partial charge on any atom is 0.272 e. The topological polar surface area (TPSA) is 32.8 Å². The van der Waals surface area contributed by atoms with Gasteiger partial charge in [-0.3, -0.25) is 9.69 Å². The third-order valence-electron chi connectivity index (χ3n) is 6.81. The van der Waals surface area contributed by atoms with Gasteiger partial charge in [-0.2, -0.15) is 0 Å². The van der Waals surface area contributed by atoms with Crippen molar-refractivity contribution in [3.63, 3.8) is 0 Å². The lowest BCUT2D eigenvalue weighted by Gasteiger charge is -2.39. The molecule has 2 aliphatic rings. The number of carbonyl (C=O) groups excluding carboxylic acids is 1. The van der Waals surface area contributed by atoms with Gasteiger partial charge in [0, 0.05) is 24.2 Å². The summed E-state index contributed by atoms with van der Waals surface area (Å²) in [4.78, 5) is 17.9. The van der Waals surface area contributed by atoms with Crippen LogP contribution in [-0.4, -0.2) is 36.0 Å². The average Bonchev–Trinajstić information content (AvgIpc) is 2.78. The molecule has 3 unspecified atom stereocenters. The first-order valence-corrected chi connectivity index (χ1v) is 12.5. The summed E-state index contributed by atoms with van der Waals surface area (Å²) < 4.78 is 6.09. The number of halogens is 2. The third kappa shape index (κ3) is 5.08. The number of anilines is 1. The zero-order chi connectivity index (χ0) is 22.7. The van der Waals surface area contributed by atoms with Gasteiger partial charge < -0.3 is 9.64 Å². The molecule has 3 atom stereocenters. The van der Waals surface area contributed by atoms with Crippen LogP contribution in [0.15, 0.2) is 42.5 Å². The number of nitrogens with zero attached hydrogens (tertiary/aromatic N) is 2. The lowest BCUT2D eigenvalue weighted by molar-refractivity contribution is -0.126. The number of hydrogen-bond donors (Lipinski definition) is 0. The fourth-order valence-corrected chi connectivity index (χ4v) is 5.30. The number of fused-ring (bicyclic) bond motifs is 1. The Morgan fingerprint density at radius 2 is 1.66 bits per heavy atom. The van der Waals surface area contributed by atoms with E-state index >= 15 is 0 Å². The fraction of sp³-hybridized carbons (Fsp3) is 0.500. The summed E-state index contributed by atoms with van der Waals surface area (Å²) in [6, 6.07) is 14.3. The molecular formula is C26H32Cl2N2O2. The van der Waals surface area contributed by atoms with E-state index in [0.717, 1.165) is 42.8 Å². The molecule has 2 aliphatic heterocycles. The number of rotatable bonds is 7. The van der Waals surface area contributed by atoms with Gasteiger partial charge in [-0.15, -0.1) is 0 Å². The minimum atomic E-state index is -0.713. The zero-order valence-corrected chi connectivity index (χ0v) is 20.4. The summed E-state index contributed by atoms with van der Waals surface area (Å²) in [7, 11) is 0. The molecule has 0 N–H and O–H groups in total. The van der Waals surface area contributed by atoms with E-state index in [-0.39, 0.29) is 5.91 Å². The van der Waals surface area contributed by atoms with Crippen LogP contribution in [0.3, 0.4) is 0 Å². The monoisotopic (exact) mass is 474 g/mol. The summed E-state index contributed by atoms with van der Waals surface area (Å²) in [6.45, 7) is 6.52. The van der Waals surface area contributed by atoms with E-state index in [1.807, 2.05) is 35.2 Å². The highest BCUT2D eigenvalue weighted by molar-refractivity contribution is 6.42. The minimum Gasteiger partial charge on any atom is -0.474 e. The number of ether oxygens (including phenoxy) is 1. The highest BCUT2D eigenvalue weighted by atomic mass is 35.5. The number of piperidine rings is 1. The first-order valence-electron chi connectivity index (χ1n) is 11.7. The van der Waals surface area contributed by atoms with Gasteiger partial charge in [0.1, 0.15) is 5.75 Å². The summed E-state index contributed by atoms with van der Waals surface area (Å²) in [5.41, 5.74) is 1.56. The van der Waals surface area contributed by atoms with E-state index in [1.165, 1.54) is 19.3 Å². The van der Waals surface area contributed by atoms with Crippen molar-refractivity contribution in [3.8, 4) is 5.75 Å². The van der Waals surface area contributed by atoms with Crippen molar-refractivity contribution in [1.29, 1.82) is 0 Å². The molecule has 1 amide bonds. The van der Waals surface area contributed by atoms with E-state index in [4.69, 9.17) is 27.9 Å². The van der Waals surface area contributed by atoms with Crippen molar-refractivity contribution in [2.75, 3.05) is 18.0 Å². The Bertz CT molecular complexity index is 941. The molecule has 1 saturated heterocycles. The highest BCUT2D eigenvalue weighted by Crippen LogP contribution is 2.40. The summed E-state index contributed by atoms with van der Waals surface area (Å²) in [5, 5.41) is 0.889. The van der Waals surface area contributed by atoms with Crippen molar-refractivity contribution >= 4 is 34.8 Å². The maximum atomic E-state index is 13.4. The molecule has 4 nitrogen and oxygen atoms in total. The summed E-state index contributed by atoms with van der Waals surface area (Å²) in [5.74, 6) is 0.666. The minimum absolute atomic E-state index is 0.0552. The molecule has 1 fully saturated rings. The van der Waals surface area contributed by atoms with E-state index in [2.05, 4.69) is 18.7 Å². The highest BCUT2D eigenvalue weighted by Gasteiger charge is 2.35.